The third-order valence-corrected chi connectivity index (χ3v) is 7.19. The topological polar surface area (TPSA) is 94.1 Å². The van der Waals surface area contributed by atoms with E-state index in [1.807, 2.05) is 30.3 Å². The molecule has 0 saturated carbocycles. The summed E-state index contributed by atoms with van der Waals surface area (Å²) in [5.74, 6) is -0.497. The maximum atomic E-state index is 12.5. The number of fused-ring (bicyclic) bond motifs is 1. The van der Waals surface area contributed by atoms with Gasteiger partial charge in [-0.1, -0.05) is 53.4 Å². The molecular weight excluding hydrogens is 452 g/mol. The predicted octanol–water partition coefficient (Wildman–Crippen LogP) is 5.03. The molecule has 4 aromatic rings. The Morgan fingerprint density at radius 1 is 1.19 bits per heavy atom. The highest BCUT2D eigenvalue weighted by atomic mass is 32.2. The van der Waals surface area contributed by atoms with Crippen LogP contribution in [-0.2, 0) is 9.53 Å². The van der Waals surface area contributed by atoms with E-state index in [1.54, 1.807) is 25.2 Å². The van der Waals surface area contributed by atoms with Crippen molar-refractivity contribution in [2.75, 3.05) is 17.7 Å². The number of amides is 1. The first-order chi connectivity index (χ1) is 15.1. The molecular formula is C21H18N4O3S3. The van der Waals surface area contributed by atoms with Crippen molar-refractivity contribution in [2.24, 2.45) is 0 Å². The Kier molecular flexibility index (Phi) is 6.59. The van der Waals surface area contributed by atoms with Gasteiger partial charge in [-0.05, 0) is 19.4 Å². The van der Waals surface area contributed by atoms with Crippen molar-refractivity contribution in [3.05, 3.63) is 52.6 Å². The average molecular weight is 471 g/mol. The number of aromatic nitrogens is 3. The molecule has 0 atom stereocenters. The van der Waals surface area contributed by atoms with Crippen LogP contribution in [0.4, 0.5) is 5.13 Å². The van der Waals surface area contributed by atoms with E-state index in [4.69, 9.17) is 4.74 Å². The number of nitrogens with one attached hydrogen (secondary N) is 1. The van der Waals surface area contributed by atoms with Crippen LogP contribution in [0.1, 0.15) is 22.3 Å². The molecule has 4 rings (SSSR count). The third-order valence-electron chi connectivity index (χ3n) is 4.26. The van der Waals surface area contributed by atoms with Crippen LogP contribution in [0, 0.1) is 6.92 Å². The lowest BCUT2D eigenvalue weighted by Gasteiger charge is -2.05. The number of esters is 1. The molecule has 31 heavy (non-hydrogen) atoms. The number of rotatable bonds is 7. The summed E-state index contributed by atoms with van der Waals surface area (Å²) in [6.07, 6.45) is 1.52. The monoisotopic (exact) mass is 470 g/mol. The second-order valence-corrected chi connectivity index (χ2v) is 9.19. The van der Waals surface area contributed by atoms with Crippen LogP contribution in [0.15, 0.2) is 47.1 Å². The smallest absolute Gasteiger partial charge is 0.350 e. The maximum absolute atomic E-state index is 12.5. The summed E-state index contributed by atoms with van der Waals surface area (Å²) in [4.78, 5) is 38.8. The molecule has 7 nitrogen and oxygen atoms in total. The van der Waals surface area contributed by atoms with Crippen molar-refractivity contribution in [1.82, 2.24) is 15.0 Å². The molecule has 1 aromatic carbocycles. The SMILES string of the molecule is CCOC(=O)c1sc(NC(=O)CSc2ncnc3scc(-c4ccccc4)c23)nc1C. The van der Waals surface area contributed by atoms with Crippen molar-refractivity contribution >= 4 is 61.7 Å². The average Bonchev–Trinajstić information content (AvgIpc) is 3.37. The highest BCUT2D eigenvalue weighted by Gasteiger charge is 2.18. The number of aryl methyl sites for hydroxylation is 1. The van der Waals surface area contributed by atoms with E-state index in [9.17, 15) is 9.59 Å². The first-order valence-corrected chi connectivity index (χ1v) is 12.1. The lowest BCUT2D eigenvalue weighted by Crippen LogP contribution is -2.14. The summed E-state index contributed by atoms with van der Waals surface area (Å²) in [6.45, 7) is 3.75. The zero-order valence-corrected chi connectivity index (χ0v) is 19.2. The van der Waals surface area contributed by atoms with Gasteiger partial charge in [0, 0.05) is 10.9 Å². The number of hydrogen-bond acceptors (Lipinski definition) is 9. The van der Waals surface area contributed by atoms with E-state index in [2.05, 4.69) is 25.6 Å². The van der Waals surface area contributed by atoms with Gasteiger partial charge in [0.15, 0.2) is 5.13 Å². The molecule has 3 aromatic heterocycles. The van der Waals surface area contributed by atoms with Gasteiger partial charge in [0.2, 0.25) is 5.91 Å². The second-order valence-electron chi connectivity index (χ2n) is 6.37. The lowest BCUT2D eigenvalue weighted by molar-refractivity contribution is -0.113. The van der Waals surface area contributed by atoms with Crippen LogP contribution in [0.2, 0.25) is 0 Å². The number of hydrogen-bond donors (Lipinski definition) is 1. The van der Waals surface area contributed by atoms with Gasteiger partial charge in [0.05, 0.1) is 23.4 Å². The summed E-state index contributed by atoms with van der Waals surface area (Å²) in [5, 5.41) is 6.90. The third kappa shape index (κ3) is 4.76. The number of thiophene rings is 1. The Labute approximate surface area is 190 Å². The summed E-state index contributed by atoms with van der Waals surface area (Å²) in [7, 11) is 0. The zero-order valence-electron chi connectivity index (χ0n) is 16.7. The molecule has 0 aliphatic carbocycles. The molecule has 0 spiro atoms. The number of thiazole rings is 1. The molecule has 0 saturated heterocycles. The molecule has 1 N–H and O–H groups in total. The molecule has 1 amide bonds. The number of benzene rings is 1. The summed E-state index contributed by atoms with van der Waals surface area (Å²) < 4.78 is 5.01. The quantitative estimate of drug-likeness (QED) is 0.230. The van der Waals surface area contributed by atoms with Crippen LogP contribution in [0.25, 0.3) is 21.3 Å². The molecule has 3 heterocycles. The van der Waals surface area contributed by atoms with Crippen molar-refractivity contribution in [3.8, 4) is 11.1 Å². The second kappa shape index (κ2) is 9.54. The van der Waals surface area contributed by atoms with Gasteiger partial charge in [-0.25, -0.2) is 19.7 Å². The van der Waals surface area contributed by atoms with Crippen LogP contribution in [0.5, 0.6) is 0 Å². The lowest BCUT2D eigenvalue weighted by atomic mass is 10.1. The van der Waals surface area contributed by atoms with E-state index in [-0.39, 0.29) is 18.3 Å². The van der Waals surface area contributed by atoms with Crippen molar-refractivity contribution < 1.29 is 14.3 Å². The fraction of sp³-hybridized carbons (Fsp3) is 0.190. The molecule has 0 aliphatic heterocycles. The number of nitrogens with zero attached hydrogens (tertiary/aromatic N) is 3. The number of anilines is 1. The van der Waals surface area contributed by atoms with Gasteiger partial charge in [0.1, 0.15) is 21.1 Å². The fourth-order valence-electron chi connectivity index (χ4n) is 2.91. The predicted molar refractivity (Wildman–Crippen MR) is 125 cm³/mol. The molecule has 0 bridgehead atoms. The summed E-state index contributed by atoms with van der Waals surface area (Å²) in [6, 6.07) is 10.0. The molecule has 0 fully saturated rings. The fourth-order valence-corrected chi connectivity index (χ4v) is 5.58. The first-order valence-electron chi connectivity index (χ1n) is 9.41. The van der Waals surface area contributed by atoms with Crippen LogP contribution < -0.4 is 5.32 Å². The van der Waals surface area contributed by atoms with Gasteiger partial charge < -0.3 is 10.1 Å². The van der Waals surface area contributed by atoms with Crippen molar-refractivity contribution in [2.45, 2.75) is 18.9 Å². The highest BCUT2D eigenvalue weighted by molar-refractivity contribution is 8.00. The Hall–Kier alpha value is -2.82. The molecule has 0 radical (unpaired) electrons. The van der Waals surface area contributed by atoms with E-state index >= 15 is 0 Å². The van der Waals surface area contributed by atoms with Gasteiger partial charge in [-0.3, -0.25) is 4.79 Å². The molecule has 0 unspecified atom stereocenters. The molecule has 0 aliphatic rings. The minimum Gasteiger partial charge on any atom is -0.462 e. The summed E-state index contributed by atoms with van der Waals surface area (Å²) >= 11 is 4.01. The number of carbonyl (C=O) groups is 2. The van der Waals surface area contributed by atoms with E-state index < -0.39 is 5.97 Å². The first kappa shape index (κ1) is 21.4. The standard InChI is InChI=1S/C21H18N4O3S3/c1-3-28-20(27)17-12(2)24-21(31-17)25-15(26)10-30-19-16-14(13-7-5-4-6-8-13)9-29-18(16)22-11-23-19/h4-9,11H,3,10H2,1-2H3,(H,24,25,26). The van der Waals surface area contributed by atoms with Crippen LogP contribution in [-0.4, -0.2) is 39.2 Å². The Morgan fingerprint density at radius 2 is 2.00 bits per heavy atom. The highest BCUT2D eigenvalue weighted by Crippen LogP contribution is 2.37. The van der Waals surface area contributed by atoms with Gasteiger partial charge in [-0.2, -0.15) is 0 Å². The normalized spacial score (nSPS) is 10.9. The number of thioether (sulfide) groups is 1. The molecule has 10 heteroatoms. The zero-order chi connectivity index (χ0) is 21.8. The Bertz CT molecular complexity index is 1240. The maximum Gasteiger partial charge on any atom is 0.350 e. The Balaban J connectivity index is 1.49. The summed E-state index contributed by atoms with van der Waals surface area (Å²) in [5.41, 5.74) is 2.67. The van der Waals surface area contributed by atoms with E-state index in [0.717, 1.165) is 37.7 Å². The van der Waals surface area contributed by atoms with E-state index in [1.165, 1.54) is 18.1 Å². The molecule has 158 valence electrons. The van der Waals surface area contributed by atoms with Crippen molar-refractivity contribution in [3.63, 3.8) is 0 Å². The number of carbonyl (C=O) groups excluding carboxylic acids is 2. The van der Waals surface area contributed by atoms with Gasteiger partial charge in [-0.15, -0.1) is 11.3 Å². The minimum absolute atomic E-state index is 0.156. The Morgan fingerprint density at radius 3 is 2.77 bits per heavy atom. The van der Waals surface area contributed by atoms with Gasteiger partial charge in [0.25, 0.3) is 0 Å². The van der Waals surface area contributed by atoms with Gasteiger partial charge >= 0.3 is 5.97 Å². The van der Waals surface area contributed by atoms with Crippen LogP contribution >= 0.6 is 34.4 Å². The van der Waals surface area contributed by atoms with Crippen molar-refractivity contribution in [1.29, 1.82) is 0 Å². The van der Waals surface area contributed by atoms with E-state index in [0.29, 0.717) is 15.7 Å². The largest absolute Gasteiger partial charge is 0.462 e. The van der Waals surface area contributed by atoms with Crippen LogP contribution in [0.3, 0.4) is 0 Å². The number of ether oxygens (including phenoxy) is 1. The minimum atomic E-state index is -0.429.